The van der Waals surface area contributed by atoms with Gasteiger partial charge in [-0.05, 0) is 44.0 Å². The first-order valence-corrected chi connectivity index (χ1v) is 12.8. The van der Waals surface area contributed by atoms with Crippen LogP contribution in [0, 0.1) is 5.92 Å². The number of carbonyl (C=O) groups excluding carboxylic acids is 1. The summed E-state index contributed by atoms with van der Waals surface area (Å²) in [7, 11) is -3.62. The molecule has 1 aliphatic heterocycles. The van der Waals surface area contributed by atoms with E-state index in [9.17, 15) is 13.2 Å². The number of anilines is 1. The Morgan fingerprint density at radius 3 is 2.72 bits per heavy atom. The van der Waals surface area contributed by atoms with E-state index in [0.717, 1.165) is 17.0 Å². The summed E-state index contributed by atoms with van der Waals surface area (Å²) in [6.45, 7) is 3.05. The van der Waals surface area contributed by atoms with Gasteiger partial charge in [0.25, 0.3) is 0 Å². The number of nitrogens with zero attached hydrogens (tertiary/aromatic N) is 2. The van der Waals surface area contributed by atoms with Crippen LogP contribution in [0.5, 0.6) is 5.75 Å². The molecule has 1 saturated heterocycles. The lowest BCUT2D eigenvalue weighted by atomic mass is 9.99. The van der Waals surface area contributed by atoms with Crippen molar-refractivity contribution in [1.82, 2.24) is 9.29 Å². The minimum Gasteiger partial charge on any atom is -0.493 e. The Morgan fingerprint density at radius 2 is 1.94 bits per heavy atom. The fraction of sp³-hybridized carbons (Fsp3) is 0.304. The van der Waals surface area contributed by atoms with Gasteiger partial charge in [-0.3, -0.25) is 4.79 Å². The maximum absolute atomic E-state index is 12.9. The number of rotatable bonds is 7. The number of para-hydroxylation sites is 1. The van der Waals surface area contributed by atoms with Crippen molar-refractivity contribution in [3.05, 3.63) is 60.0 Å². The third-order valence-electron chi connectivity index (χ3n) is 5.33. The molecule has 0 radical (unpaired) electrons. The van der Waals surface area contributed by atoms with Crippen LogP contribution in [0.25, 0.3) is 11.3 Å². The summed E-state index contributed by atoms with van der Waals surface area (Å²) >= 11 is 1.34. The van der Waals surface area contributed by atoms with Gasteiger partial charge >= 0.3 is 0 Å². The topological polar surface area (TPSA) is 88.6 Å². The predicted octanol–water partition coefficient (Wildman–Crippen LogP) is 4.25. The highest BCUT2D eigenvalue weighted by Gasteiger charge is 2.33. The molecule has 168 valence electrons. The Kier molecular flexibility index (Phi) is 6.88. The summed E-state index contributed by atoms with van der Waals surface area (Å²) in [6.07, 6.45) is 1.27. The lowest BCUT2D eigenvalue weighted by molar-refractivity contribution is -0.120. The van der Waals surface area contributed by atoms with E-state index < -0.39 is 15.9 Å². The number of sulfonamides is 1. The van der Waals surface area contributed by atoms with E-state index in [-0.39, 0.29) is 17.3 Å². The van der Waals surface area contributed by atoms with E-state index in [1.165, 1.54) is 15.6 Å². The van der Waals surface area contributed by atoms with Gasteiger partial charge in [0.15, 0.2) is 5.13 Å². The molecule has 32 heavy (non-hydrogen) atoms. The number of hydrogen-bond acceptors (Lipinski definition) is 6. The van der Waals surface area contributed by atoms with Crippen molar-refractivity contribution in [3.8, 4) is 17.0 Å². The molecule has 0 saturated carbocycles. The zero-order chi connectivity index (χ0) is 22.6. The van der Waals surface area contributed by atoms with Gasteiger partial charge in [0.1, 0.15) is 5.75 Å². The van der Waals surface area contributed by atoms with Crippen LogP contribution in [-0.4, -0.2) is 43.3 Å². The minimum atomic E-state index is -3.62. The fourth-order valence-corrected chi connectivity index (χ4v) is 6.00. The standard InChI is InChI=1S/C23H25N3O4S2/c1-2-30-21-13-7-6-12-19(21)20-16-31-23(24-20)25-22(27)17-9-8-14-26(15-17)32(28,29)18-10-4-3-5-11-18/h3-7,10-13,16-17H,2,8-9,14-15H2,1H3,(H,24,25,27). The maximum Gasteiger partial charge on any atom is 0.243 e. The van der Waals surface area contributed by atoms with Gasteiger partial charge in [0.05, 0.1) is 23.1 Å². The first-order chi connectivity index (χ1) is 15.5. The molecule has 1 unspecified atom stereocenters. The summed E-state index contributed by atoms with van der Waals surface area (Å²) in [5.74, 6) is 0.106. The number of amides is 1. The first kappa shape index (κ1) is 22.4. The highest BCUT2D eigenvalue weighted by molar-refractivity contribution is 7.89. The van der Waals surface area contributed by atoms with E-state index in [1.807, 2.05) is 36.6 Å². The molecule has 0 aliphatic carbocycles. The van der Waals surface area contributed by atoms with Gasteiger partial charge in [0, 0.05) is 24.0 Å². The highest BCUT2D eigenvalue weighted by Crippen LogP contribution is 2.32. The van der Waals surface area contributed by atoms with Crippen LogP contribution in [0.1, 0.15) is 19.8 Å². The van der Waals surface area contributed by atoms with Crippen molar-refractivity contribution in [1.29, 1.82) is 0 Å². The van der Waals surface area contributed by atoms with Crippen molar-refractivity contribution in [2.45, 2.75) is 24.7 Å². The van der Waals surface area contributed by atoms with Crippen LogP contribution in [0.3, 0.4) is 0 Å². The van der Waals surface area contributed by atoms with Crippen molar-refractivity contribution in [3.63, 3.8) is 0 Å². The molecular formula is C23H25N3O4S2. The highest BCUT2D eigenvalue weighted by atomic mass is 32.2. The largest absolute Gasteiger partial charge is 0.493 e. The smallest absolute Gasteiger partial charge is 0.243 e. The fourth-order valence-electron chi connectivity index (χ4n) is 3.74. The predicted molar refractivity (Wildman–Crippen MR) is 125 cm³/mol. The average molecular weight is 472 g/mol. The Bertz CT molecular complexity index is 1180. The van der Waals surface area contributed by atoms with E-state index >= 15 is 0 Å². The zero-order valence-corrected chi connectivity index (χ0v) is 19.4. The van der Waals surface area contributed by atoms with Crippen LogP contribution in [0.2, 0.25) is 0 Å². The second kappa shape index (κ2) is 9.81. The monoisotopic (exact) mass is 471 g/mol. The quantitative estimate of drug-likeness (QED) is 0.557. The van der Waals surface area contributed by atoms with Crippen LogP contribution in [0.15, 0.2) is 64.9 Å². The number of ether oxygens (including phenoxy) is 1. The maximum atomic E-state index is 12.9. The number of piperidine rings is 1. The van der Waals surface area contributed by atoms with Gasteiger partial charge in [-0.2, -0.15) is 4.31 Å². The normalized spacial score (nSPS) is 17.1. The second-order valence-corrected chi connectivity index (χ2v) is 10.3. The number of aromatic nitrogens is 1. The van der Waals surface area contributed by atoms with Gasteiger partial charge < -0.3 is 10.1 Å². The van der Waals surface area contributed by atoms with Crippen molar-refractivity contribution in [2.24, 2.45) is 5.92 Å². The molecule has 2 aromatic carbocycles. The number of benzene rings is 2. The third-order valence-corrected chi connectivity index (χ3v) is 7.97. The average Bonchev–Trinajstić information content (AvgIpc) is 3.28. The molecular weight excluding hydrogens is 446 g/mol. The molecule has 4 rings (SSSR count). The molecule has 2 heterocycles. The summed E-state index contributed by atoms with van der Waals surface area (Å²) in [4.78, 5) is 17.7. The van der Waals surface area contributed by atoms with Crippen LogP contribution in [0.4, 0.5) is 5.13 Å². The van der Waals surface area contributed by atoms with Crippen molar-refractivity contribution < 1.29 is 17.9 Å². The van der Waals surface area contributed by atoms with E-state index in [1.54, 1.807) is 30.3 Å². The molecule has 1 aromatic heterocycles. The number of hydrogen-bond donors (Lipinski definition) is 1. The van der Waals surface area contributed by atoms with Gasteiger partial charge in [-0.15, -0.1) is 11.3 Å². The van der Waals surface area contributed by atoms with Crippen LogP contribution in [-0.2, 0) is 14.8 Å². The minimum absolute atomic E-state index is 0.161. The van der Waals surface area contributed by atoms with Gasteiger partial charge in [-0.1, -0.05) is 30.3 Å². The van der Waals surface area contributed by atoms with Gasteiger partial charge in [0.2, 0.25) is 15.9 Å². The molecule has 9 heteroatoms. The van der Waals surface area contributed by atoms with Crippen LogP contribution >= 0.6 is 11.3 Å². The number of nitrogens with one attached hydrogen (secondary N) is 1. The lowest BCUT2D eigenvalue weighted by Gasteiger charge is -2.31. The summed E-state index contributed by atoms with van der Waals surface area (Å²) in [5.41, 5.74) is 1.59. The van der Waals surface area contributed by atoms with Crippen molar-refractivity contribution in [2.75, 3.05) is 25.0 Å². The van der Waals surface area contributed by atoms with E-state index in [2.05, 4.69) is 10.3 Å². The lowest BCUT2D eigenvalue weighted by Crippen LogP contribution is -2.43. The molecule has 3 aromatic rings. The summed E-state index contributed by atoms with van der Waals surface area (Å²) in [5, 5.41) is 5.23. The van der Waals surface area contributed by atoms with Crippen molar-refractivity contribution >= 4 is 32.4 Å². The SMILES string of the molecule is CCOc1ccccc1-c1csc(NC(=O)C2CCCN(S(=O)(=O)c3ccccc3)C2)n1. The summed E-state index contributed by atoms with van der Waals surface area (Å²) in [6, 6.07) is 16.0. The molecule has 1 aliphatic rings. The number of carbonyl (C=O) groups is 1. The molecule has 1 atom stereocenters. The van der Waals surface area contributed by atoms with E-state index in [0.29, 0.717) is 31.1 Å². The number of thiazole rings is 1. The third kappa shape index (κ3) is 4.85. The Hall–Kier alpha value is -2.75. The Labute approximate surface area is 192 Å². The molecule has 1 N–H and O–H groups in total. The molecule has 0 bridgehead atoms. The zero-order valence-electron chi connectivity index (χ0n) is 17.7. The second-order valence-electron chi connectivity index (χ2n) is 7.47. The Balaban J connectivity index is 1.45. The van der Waals surface area contributed by atoms with E-state index in [4.69, 9.17) is 4.74 Å². The first-order valence-electron chi connectivity index (χ1n) is 10.5. The Morgan fingerprint density at radius 1 is 1.19 bits per heavy atom. The molecule has 1 fully saturated rings. The molecule has 0 spiro atoms. The van der Waals surface area contributed by atoms with Crippen LogP contribution < -0.4 is 10.1 Å². The summed E-state index contributed by atoms with van der Waals surface area (Å²) < 4.78 is 32.9. The van der Waals surface area contributed by atoms with Gasteiger partial charge in [-0.25, -0.2) is 13.4 Å². The molecule has 1 amide bonds. The molecule has 7 nitrogen and oxygen atoms in total.